The molecule has 3 unspecified atom stereocenters. The fourth-order valence-corrected chi connectivity index (χ4v) is 5.65. The van der Waals surface area contributed by atoms with Crippen molar-refractivity contribution in [3.05, 3.63) is 11.1 Å². The van der Waals surface area contributed by atoms with Gasteiger partial charge in [0.1, 0.15) is 29.1 Å². The summed E-state index contributed by atoms with van der Waals surface area (Å²) in [6.45, 7) is 3.75. The molecule has 38 heavy (non-hydrogen) atoms. The first-order valence-corrected chi connectivity index (χ1v) is 13.0. The van der Waals surface area contributed by atoms with Crippen LogP contribution in [0.2, 0.25) is 0 Å². The second-order valence-electron chi connectivity index (χ2n) is 8.53. The molecule has 3 rings (SSSR count). The Morgan fingerprint density at radius 3 is 2.58 bits per heavy atom. The average molecular weight is 575 g/mol. The maximum Gasteiger partial charge on any atom is 0.511 e. The molecule has 2 saturated heterocycles. The number of esters is 1. The third-order valence-electron chi connectivity index (χ3n) is 5.30. The summed E-state index contributed by atoms with van der Waals surface area (Å²) in [4.78, 5) is 66.8. The van der Waals surface area contributed by atoms with Crippen molar-refractivity contribution in [2.45, 2.75) is 44.6 Å². The van der Waals surface area contributed by atoms with E-state index < -0.39 is 71.6 Å². The summed E-state index contributed by atoms with van der Waals surface area (Å²) in [6, 6.07) is -1.00. The number of nitrogens with zero attached hydrogens (tertiary/aromatic N) is 3. The molecule has 0 bridgehead atoms. The van der Waals surface area contributed by atoms with E-state index in [1.54, 1.807) is 13.8 Å². The van der Waals surface area contributed by atoms with E-state index in [0.717, 1.165) is 23.1 Å². The molecule has 16 nitrogen and oxygen atoms in total. The molecule has 6 N–H and O–H groups in total. The number of carbonyl (C=O) groups excluding carboxylic acids is 5. The SMILES string of the molecule is CC(C)OC(=O)OC(C)OC(=O)C1(COC(N)=O)CS[C@@H]2C(NC(=O)C(=NO)c3csc(N)n3)C(=O)N2C1. The number of fused-ring (bicyclic) bond motifs is 1. The van der Waals surface area contributed by atoms with Gasteiger partial charge in [0.25, 0.3) is 5.91 Å². The molecule has 2 aliphatic heterocycles. The van der Waals surface area contributed by atoms with Crippen LogP contribution >= 0.6 is 23.1 Å². The third kappa shape index (κ3) is 6.36. The lowest BCUT2D eigenvalue weighted by atomic mass is 9.88. The number of nitrogens with two attached hydrogens (primary N) is 2. The Hall–Kier alpha value is -3.80. The van der Waals surface area contributed by atoms with E-state index in [4.69, 9.17) is 30.4 Å². The smallest absolute Gasteiger partial charge is 0.448 e. The van der Waals surface area contributed by atoms with Gasteiger partial charge in [0.15, 0.2) is 10.8 Å². The molecule has 0 aromatic carbocycles. The lowest BCUT2D eigenvalue weighted by Crippen LogP contribution is -2.74. The fourth-order valence-electron chi connectivity index (χ4n) is 3.58. The van der Waals surface area contributed by atoms with Gasteiger partial charge in [0, 0.05) is 24.6 Å². The van der Waals surface area contributed by atoms with Crippen molar-refractivity contribution in [1.29, 1.82) is 0 Å². The zero-order chi connectivity index (χ0) is 28.2. The minimum atomic E-state index is -1.55. The summed E-state index contributed by atoms with van der Waals surface area (Å²) in [5.74, 6) is -2.33. The highest BCUT2D eigenvalue weighted by molar-refractivity contribution is 8.00. The lowest BCUT2D eigenvalue weighted by Gasteiger charge is -2.53. The summed E-state index contributed by atoms with van der Waals surface area (Å²) >= 11 is 2.15. The van der Waals surface area contributed by atoms with Gasteiger partial charge in [0.05, 0.1) is 6.10 Å². The molecule has 4 atom stereocenters. The number of nitrogen functional groups attached to an aromatic ring is 1. The molecular weight excluding hydrogens is 548 g/mol. The molecule has 208 valence electrons. The molecule has 3 amide bonds. The number of anilines is 1. The number of β-lactam (4-membered cyclic amide) rings is 1. The normalized spacial score (nSPS) is 23.5. The molecule has 18 heteroatoms. The molecular formula is C20H26N6O10S2. The highest BCUT2D eigenvalue weighted by Crippen LogP contribution is 2.43. The molecule has 0 saturated carbocycles. The Morgan fingerprint density at radius 2 is 2.00 bits per heavy atom. The van der Waals surface area contributed by atoms with E-state index in [-0.39, 0.29) is 23.1 Å². The second-order valence-corrected chi connectivity index (χ2v) is 10.5. The fraction of sp³-hybridized carbons (Fsp3) is 0.550. The van der Waals surface area contributed by atoms with Crippen LogP contribution in [-0.4, -0.2) is 93.5 Å². The van der Waals surface area contributed by atoms with Gasteiger partial charge in [-0.2, -0.15) is 0 Å². The van der Waals surface area contributed by atoms with E-state index in [1.807, 2.05) is 0 Å². The van der Waals surface area contributed by atoms with Crippen LogP contribution in [0, 0.1) is 5.41 Å². The van der Waals surface area contributed by atoms with Gasteiger partial charge in [-0.05, 0) is 13.8 Å². The Labute approximate surface area is 224 Å². The summed E-state index contributed by atoms with van der Waals surface area (Å²) in [5.41, 5.74) is 8.69. The Bertz CT molecular complexity index is 1140. The standard InChI is InChI=1S/C20H26N6O10S2/c1-8(2)34-19(31)36-9(3)35-16(29)20(6-33-18(22)30)5-26-14(28)12(15(26)38-7-20)24-13(27)11(25-32)10-4-37-17(21)23-10/h4,8-9,12,15,32H,5-7H2,1-3H3,(H2,21,23)(H2,22,30)(H,24,27)/t9?,12?,15-,20?/m1/s1. The van der Waals surface area contributed by atoms with E-state index >= 15 is 0 Å². The number of hydrogen-bond donors (Lipinski definition) is 4. The van der Waals surface area contributed by atoms with Gasteiger partial charge in [-0.15, -0.1) is 23.1 Å². The number of amides is 3. The van der Waals surface area contributed by atoms with E-state index in [9.17, 15) is 29.2 Å². The molecule has 0 spiro atoms. The zero-order valence-electron chi connectivity index (χ0n) is 20.4. The highest BCUT2D eigenvalue weighted by atomic mass is 32.2. The van der Waals surface area contributed by atoms with Crippen LogP contribution in [0.1, 0.15) is 26.5 Å². The van der Waals surface area contributed by atoms with Gasteiger partial charge < -0.3 is 45.8 Å². The number of hydrogen-bond acceptors (Lipinski definition) is 15. The maximum atomic E-state index is 13.1. The number of thiazole rings is 1. The number of thioether (sulfide) groups is 1. The molecule has 3 heterocycles. The average Bonchev–Trinajstić information content (AvgIpc) is 3.26. The Kier molecular flexibility index (Phi) is 8.87. The van der Waals surface area contributed by atoms with Crippen molar-refractivity contribution in [3.63, 3.8) is 0 Å². The van der Waals surface area contributed by atoms with E-state index in [0.29, 0.717) is 0 Å². The first-order valence-electron chi connectivity index (χ1n) is 11.0. The maximum absolute atomic E-state index is 13.1. The monoisotopic (exact) mass is 574 g/mol. The minimum Gasteiger partial charge on any atom is -0.448 e. The molecule has 1 aromatic heterocycles. The predicted octanol–water partition coefficient (Wildman–Crippen LogP) is -0.164. The van der Waals surface area contributed by atoms with Gasteiger partial charge in [-0.1, -0.05) is 5.16 Å². The molecule has 2 aliphatic rings. The van der Waals surface area contributed by atoms with Gasteiger partial charge in [-0.25, -0.2) is 14.6 Å². The second kappa shape index (κ2) is 11.7. The number of oxime groups is 1. The van der Waals surface area contributed by atoms with Crippen molar-refractivity contribution in [1.82, 2.24) is 15.2 Å². The number of aromatic nitrogens is 1. The Balaban J connectivity index is 1.67. The molecule has 1 aromatic rings. The third-order valence-corrected chi connectivity index (χ3v) is 7.56. The highest BCUT2D eigenvalue weighted by Gasteiger charge is 2.58. The number of nitrogens with one attached hydrogen (secondary N) is 1. The van der Waals surface area contributed by atoms with Crippen LogP contribution in [0.3, 0.4) is 0 Å². The summed E-state index contributed by atoms with van der Waals surface area (Å²) in [5, 5.41) is 15.7. The van der Waals surface area contributed by atoms with Crippen LogP contribution in [0.25, 0.3) is 0 Å². The van der Waals surface area contributed by atoms with Crippen molar-refractivity contribution in [2.75, 3.05) is 24.6 Å². The van der Waals surface area contributed by atoms with Crippen LogP contribution < -0.4 is 16.8 Å². The van der Waals surface area contributed by atoms with Crippen LogP contribution in [0.5, 0.6) is 0 Å². The van der Waals surface area contributed by atoms with Crippen LogP contribution in [0.15, 0.2) is 10.5 Å². The minimum absolute atomic E-state index is 0.00728. The molecule has 0 aliphatic carbocycles. The number of carbonyl (C=O) groups is 5. The molecule has 2 fully saturated rings. The summed E-state index contributed by atoms with van der Waals surface area (Å²) in [7, 11) is 0. The quantitative estimate of drug-likeness (QED) is 0.0571. The van der Waals surface area contributed by atoms with Crippen LogP contribution in [-0.2, 0) is 33.3 Å². The first-order chi connectivity index (χ1) is 17.9. The van der Waals surface area contributed by atoms with E-state index in [1.165, 1.54) is 17.2 Å². The zero-order valence-corrected chi connectivity index (χ0v) is 22.1. The van der Waals surface area contributed by atoms with Gasteiger partial charge in [0.2, 0.25) is 12.2 Å². The summed E-state index contributed by atoms with van der Waals surface area (Å²) < 4.78 is 19.8. The largest absolute Gasteiger partial charge is 0.511 e. The number of ether oxygens (including phenoxy) is 4. The van der Waals surface area contributed by atoms with Gasteiger partial charge >= 0.3 is 18.2 Å². The van der Waals surface area contributed by atoms with Crippen molar-refractivity contribution in [3.8, 4) is 0 Å². The lowest BCUT2D eigenvalue weighted by molar-refractivity contribution is -0.185. The van der Waals surface area contributed by atoms with Crippen LogP contribution in [0.4, 0.5) is 14.7 Å². The Morgan fingerprint density at radius 1 is 1.29 bits per heavy atom. The number of primary amides is 1. The van der Waals surface area contributed by atoms with E-state index in [2.05, 4.69) is 15.5 Å². The van der Waals surface area contributed by atoms with Gasteiger partial charge in [-0.3, -0.25) is 14.4 Å². The topological polar surface area (TPSA) is 235 Å². The number of rotatable bonds is 9. The molecule has 0 radical (unpaired) electrons. The van der Waals surface area contributed by atoms with Crippen molar-refractivity contribution < 1.29 is 48.1 Å². The predicted molar refractivity (Wildman–Crippen MR) is 131 cm³/mol. The van der Waals surface area contributed by atoms with Crippen molar-refractivity contribution >= 4 is 64.0 Å². The first kappa shape index (κ1) is 28.8. The van der Waals surface area contributed by atoms with Crippen molar-refractivity contribution in [2.24, 2.45) is 16.3 Å². The summed E-state index contributed by atoms with van der Waals surface area (Å²) in [6.07, 6.45) is -4.01.